The van der Waals surface area contributed by atoms with Crippen LogP contribution in [-0.4, -0.2) is 41.4 Å². The summed E-state index contributed by atoms with van der Waals surface area (Å²) in [6, 6.07) is 3.62. The summed E-state index contributed by atoms with van der Waals surface area (Å²) in [5.74, 6) is 1.57. The number of aromatic nitrogens is 2. The van der Waals surface area contributed by atoms with Crippen LogP contribution in [0.4, 0.5) is 5.82 Å². The Hall–Kier alpha value is -1.21. The molecule has 7 heteroatoms. The molecular formula is C18H23ClN4OS. The van der Waals surface area contributed by atoms with Crippen LogP contribution in [0.2, 0.25) is 5.15 Å². The molecule has 0 saturated carbocycles. The van der Waals surface area contributed by atoms with E-state index < -0.39 is 0 Å². The summed E-state index contributed by atoms with van der Waals surface area (Å²) in [6.45, 7) is 6.14. The third-order valence-electron chi connectivity index (χ3n) is 5.06. The van der Waals surface area contributed by atoms with Crippen LogP contribution in [0, 0.1) is 5.92 Å². The molecule has 2 aliphatic heterocycles. The average molecular weight is 379 g/mol. The first-order valence-electron chi connectivity index (χ1n) is 8.89. The van der Waals surface area contributed by atoms with Crippen molar-refractivity contribution < 1.29 is 4.74 Å². The lowest BCUT2D eigenvalue weighted by molar-refractivity contribution is 0.0508. The lowest BCUT2D eigenvalue weighted by atomic mass is 9.97. The smallest absolute Gasteiger partial charge is 0.151 e. The number of nitrogens with zero attached hydrogens (tertiary/aromatic N) is 3. The minimum absolute atomic E-state index is 0.420. The molecule has 2 aliphatic rings. The number of anilines is 1. The average Bonchev–Trinajstić information content (AvgIpc) is 3.04. The van der Waals surface area contributed by atoms with Gasteiger partial charge in [0.2, 0.25) is 0 Å². The van der Waals surface area contributed by atoms with E-state index >= 15 is 0 Å². The van der Waals surface area contributed by atoms with Crippen LogP contribution in [0.15, 0.2) is 17.5 Å². The maximum atomic E-state index is 5.78. The van der Waals surface area contributed by atoms with E-state index in [2.05, 4.69) is 25.8 Å². The summed E-state index contributed by atoms with van der Waals surface area (Å²) >= 11 is 7.67. The van der Waals surface area contributed by atoms with Gasteiger partial charge >= 0.3 is 0 Å². The first kappa shape index (κ1) is 17.2. The first-order chi connectivity index (χ1) is 12.3. The van der Waals surface area contributed by atoms with Crippen molar-refractivity contribution in [3.8, 4) is 0 Å². The van der Waals surface area contributed by atoms with Crippen LogP contribution >= 0.6 is 22.9 Å². The zero-order valence-corrected chi connectivity index (χ0v) is 15.8. The molecule has 0 atom stereocenters. The van der Waals surface area contributed by atoms with Gasteiger partial charge in [-0.05, 0) is 53.8 Å². The van der Waals surface area contributed by atoms with Crippen LogP contribution in [0.5, 0.6) is 0 Å². The van der Waals surface area contributed by atoms with E-state index in [9.17, 15) is 0 Å². The molecule has 4 heterocycles. The maximum absolute atomic E-state index is 5.78. The second kappa shape index (κ2) is 7.99. The van der Waals surface area contributed by atoms with Crippen molar-refractivity contribution >= 4 is 28.8 Å². The molecule has 0 unspecified atom stereocenters. The highest BCUT2D eigenvalue weighted by atomic mass is 35.5. The molecule has 1 N–H and O–H groups in total. The standard InChI is InChI=1S/C18H23ClN4OS/c19-17-1-2-18(22-21-17)20-9-14-12-25-16-11-23(6-3-15(14)16)10-13-4-7-24-8-5-13/h1-2,12-13H,3-11H2,(H,20,22). The maximum Gasteiger partial charge on any atom is 0.151 e. The minimum Gasteiger partial charge on any atom is -0.381 e. The predicted octanol–water partition coefficient (Wildman–Crippen LogP) is 3.59. The zero-order valence-electron chi connectivity index (χ0n) is 14.2. The Morgan fingerprint density at radius 3 is 2.96 bits per heavy atom. The van der Waals surface area contributed by atoms with E-state index in [0.717, 1.165) is 51.0 Å². The Kier molecular flexibility index (Phi) is 5.51. The Balaban J connectivity index is 1.34. The molecule has 0 bridgehead atoms. The third-order valence-corrected chi connectivity index (χ3v) is 6.33. The molecule has 1 fully saturated rings. The molecule has 4 rings (SSSR count). The normalized spacial score (nSPS) is 18.9. The monoisotopic (exact) mass is 378 g/mol. The molecule has 1 saturated heterocycles. The van der Waals surface area contributed by atoms with Gasteiger partial charge in [-0.2, -0.15) is 0 Å². The first-order valence-corrected chi connectivity index (χ1v) is 10.1. The van der Waals surface area contributed by atoms with Crippen LogP contribution < -0.4 is 5.32 Å². The van der Waals surface area contributed by atoms with Gasteiger partial charge in [0, 0.05) is 44.3 Å². The summed E-state index contributed by atoms with van der Waals surface area (Å²) in [7, 11) is 0. The molecule has 0 amide bonds. The van der Waals surface area contributed by atoms with E-state index in [1.54, 1.807) is 6.07 Å². The van der Waals surface area contributed by atoms with Gasteiger partial charge in [-0.15, -0.1) is 21.5 Å². The number of thiophene rings is 1. The van der Waals surface area contributed by atoms with Gasteiger partial charge in [-0.25, -0.2) is 0 Å². The zero-order chi connectivity index (χ0) is 17.1. The molecule has 134 valence electrons. The van der Waals surface area contributed by atoms with E-state index in [0.29, 0.717) is 5.15 Å². The number of hydrogen-bond acceptors (Lipinski definition) is 6. The summed E-state index contributed by atoms with van der Waals surface area (Å²) in [5.41, 5.74) is 2.92. The molecule has 0 spiro atoms. The molecular weight excluding hydrogens is 356 g/mol. The van der Waals surface area contributed by atoms with Crippen LogP contribution in [-0.2, 0) is 24.2 Å². The molecule has 25 heavy (non-hydrogen) atoms. The number of halogens is 1. The van der Waals surface area contributed by atoms with Crippen LogP contribution in [0.1, 0.15) is 28.8 Å². The fourth-order valence-corrected chi connectivity index (χ4v) is 4.89. The lowest BCUT2D eigenvalue weighted by Crippen LogP contribution is -2.36. The summed E-state index contributed by atoms with van der Waals surface area (Å²) in [5, 5.41) is 14.0. The second-order valence-corrected chi connectivity index (χ2v) is 8.15. The summed E-state index contributed by atoms with van der Waals surface area (Å²) in [6.07, 6.45) is 3.57. The van der Waals surface area contributed by atoms with E-state index in [1.165, 1.54) is 35.4 Å². The van der Waals surface area contributed by atoms with Gasteiger partial charge in [0.15, 0.2) is 5.15 Å². The van der Waals surface area contributed by atoms with Crippen molar-refractivity contribution in [3.05, 3.63) is 38.7 Å². The highest BCUT2D eigenvalue weighted by molar-refractivity contribution is 7.10. The third kappa shape index (κ3) is 4.31. The number of nitrogens with one attached hydrogen (secondary N) is 1. The lowest BCUT2D eigenvalue weighted by Gasteiger charge is -2.32. The number of fused-ring (bicyclic) bond motifs is 1. The molecule has 2 aromatic rings. The molecule has 2 aromatic heterocycles. The van der Waals surface area contributed by atoms with E-state index in [1.807, 2.05) is 17.4 Å². The predicted molar refractivity (Wildman–Crippen MR) is 101 cm³/mol. The fraction of sp³-hybridized carbons (Fsp3) is 0.556. The number of rotatable bonds is 5. The summed E-state index contributed by atoms with van der Waals surface area (Å²) < 4.78 is 5.48. The topological polar surface area (TPSA) is 50.3 Å². The van der Waals surface area contributed by atoms with Gasteiger partial charge in [0.1, 0.15) is 5.82 Å². The minimum atomic E-state index is 0.420. The Bertz CT molecular complexity index is 700. The molecule has 5 nitrogen and oxygen atoms in total. The summed E-state index contributed by atoms with van der Waals surface area (Å²) in [4.78, 5) is 4.15. The largest absolute Gasteiger partial charge is 0.381 e. The van der Waals surface area contributed by atoms with Gasteiger partial charge in [-0.3, -0.25) is 4.90 Å². The van der Waals surface area contributed by atoms with Gasteiger partial charge in [0.25, 0.3) is 0 Å². The number of ether oxygens (including phenoxy) is 1. The van der Waals surface area contributed by atoms with Crippen LogP contribution in [0.25, 0.3) is 0 Å². The Labute approximate surface area is 157 Å². The Morgan fingerprint density at radius 2 is 2.16 bits per heavy atom. The van der Waals surface area contributed by atoms with Crippen LogP contribution in [0.3, 0.4) is 0 Å². The van der Waals surface area contributed by atoms with Gasteiger partial charge < -0.3 is 10.1 Å². The van der Waals surface area contributed by atoms with Crippen molar-refractivity contribution in [2.24, 2.45) is 5.92 Å². The fourth-order valence-electron chi connectivity index (χ4n) is 3.64. The van der Waals surface area contributed by atoms with Crippen molar-refractivity contribution in [2.75, 3.05) is 31.6 Å². The molecule has 0 aliphatic carbocycles. The van der Waals surface area contributed by atoms with Crippen molar-refractivity contribution in [2.45, 2.75) is 32.4 Å². The quantitative estimate of drug-likeness (QED) is 0.861. The Morgan fingerprint density at radius 1 is 1.28 bits per heavy atom. The van der Waals surface area contributed by atoms with E-state index in [-0.39, 0.29) is 0 Å². The number of hydrogen-bond donors (Lipinski definition) is 1. The second-order valence-electron chi connectivity index (χ2n) is 6.80. The van der Waals surface area contributed by atoms with Crippen molar-refractivity contribution in [3.63, 3.8) is 0 Å². The highest BCUT2D eigenvalue weighted by Gasteiger charge is 2.24. The van der Waals surface area contributed by atoms with Gasteiger partial charge in [0.05, 0.1) is 0 Å². The van der Waals surface area contributed by atoms with Gasteiger partial charge in [-0.1, -0.05) is 11.6 Å². The van der Waals surface area contributed by atoms with Crippen molar-refractivity contribution in [1.82, 2.24) is 15.1 Å². The highest BCUT2D eigenvalue weighted by Crippen LogP contribution is 2.30. The van der Waals surface area contributed by atoms with E-state index in [4.69, 9.17) is 16.3 Å². The SMILES string of the molecule is Clc1ccc(NCc2csc3c2CCN(CC2CCOCC2)C3)nn1. The van der Waals surface area contributed by atoms with Crippen molar-refractivity contribution in [1.29, 1.82) is 0 Å². The molecule has 0 radical (unpaired) electrons. The molecule has 0 aromatic carbocycles.